The Balaban J connectivity index is 1.64. The summed E-state index contributed by atoms with van der Waals surface area (Å²) in [5.74, 6) is -0.879. The van der Waals surface area contributed by atoms with E-state index in [2.05, 4.69) is 4.85 Å². The maximum absolute atomic E-state index is 13.6. The molecule has 39 heavy (non-hydrogen) atoms. The minimum Gasteiger partial charge on any atom is -0.460 e. The van der Waals surface area contributed by atoms with Gasteiger partial charge in [0.25, 0.3) is 5.91 Å². The van der Waals surface area contributed by atoms with E-state index in [0.717, 1.165) is 18.4 Å². The van der Waals surface area contributed by atoms with Crippen molar-refractivity contribution in [3.8, 4) is 11.1 Å². The van der Waals surface area contributed by atoms with Crippen molar-refractivity contribution in [3.63, 3.8) is 0 Å². The molecule has 3 N–H and O–H groups in total. The van der Waals surface area contributed by atoms with E-state index in [1.165, 1.54) is 6.07 Å². The molecule has 1 aliphatic rings. The van der Waals surface area contributed by atoms with Gasteiger partial charge >= 0.3 is 5.97 Å². The van der Waals surface area contributed by atoms with Gasteiger partial charge in [0.2, 0.25) is 0 Å². The van der Waals surface area contributed by atoms with E-state index >= 15 is 0 Å². The monoisotopic (exact) mass is 527 g/mol. The first-order chi connectivity index (χ1) is 18.9. The Morgan fingerprint density at radius 3 is 2.54 bits per heavy atom. The third-order valence-corrected chi connectivity index (χ3v) is 6.95. The van der Waals surface area contributed by atoms with Crippen molar-refractivity contribution in [3.05, 3.63) is 101 Å². The number of para-hydroxylation sites is 1. The molecule has 0 aliphatic carbocycles. The molecule has 4 rings (SSSR count). The van der Waals surface area contributed by atoms with Crippen molar-refractivity contribution in [2.45, 2.75) is 30.8 Å². The zero-order chi connectivity index (χ0) is 27.8. The van der Waals surface area contributed by atoms with Gasteiger partial charge in [0, 0.05) is 19.2 Å². The molecule has 0 spiro atoms. The van der Waals surface area contributed by atoms with Crippen molar-refractivity contribution < 1.29 is 24.2 Å². The summed E-state index contributed by atoms with van der Waals surface area (Å²) in [6.45, 7) is 8.01. The molecule has 1 amide bonds. The summed E-state index contributed by atoms with van der Waals surface area (Å²) in [5.41, 5.74) is 8.19. The fraction of sp³-hybridized carbons (Fsp3) is 0.323. The molecule has 0 radical (unpaired) electrons. The number of rotatable bonds is 10. The van der Waals surface area contributed by atoms with E-state index in [1.54, 1.807) is 48.4 Å². The molecule has 1 aliphatic heterocycles. The van der Waals surface area contributed by atoms with Gasteiger partial charge in [-0.1, -0.05) is 54.6 Å². The van der Waals surface area contributed by atoms with E-state index < -0.39 is 11.5 Å². The summed E-state index contributed by atoms with van der Waals surface area (Å²) in [6, 6.07) is 21.3. The molecule has 1 fully saturated rings. The van der Waals surface area contributed by atoms with Crippen LogP contribution in [-0.4, -0.2) is 66.9 Å². The van der Waals surface area contributed by atoms with E-state index in [1.807, 2.05) is 30.3 Å². The summed E-state index contributed by atoms with van der Waals surface area (Å²) >= 11 is 0. The molecule has 2 atom stereocenters. The number of hydrogen-bond donors (Lipinski definition) is 2. The summed E-state index contributed by atoms with van der Waals surface area (Å²) < 4.78 is 10.9. The van der Waals surface area contributed by atoms with Crippen LogP contribution >= 0.6 is 0 Å². The normalized spacial score (nSPS) is 16.4. The number of aliphatic hydroxyl groups excluding tert-OH is 1. The number of esters is 1. The van der Waals surface area contributed by atoms with Crippen LogP contribution in [0.1, 0.15) is 39.1 Å². The highest BCUT2D eigenvalue weighted by Crippen LogP contribution is 2.33. The second-order valence-electron chi connectivity index (χ2n) is 9.94. The van der Waals surface area contributed by atoms with Crippen LogP contribution in [0.5, 0.6) is 0 Å². The largest absolute Gasteiger partial charge is 0.460 e. The van der Waals surface area contributed by atoms with Crippen molar-refractivity contribution in [1.82, 2.24) is 4.90 Å². The second kappa shape index (κ2) is 12.7. The fourth-order valence-corrected chi connectivity index (χ4v) is 4.92. The zero-order valence-corrected chi connectivity index (χ0v) is 22.0. The summed E-state index contributed by atoms with van der Waals surface area (Å²) in [7, 11) is 1.61. The molecule has 2 unspecified atom stereocenters. The molecule has 3 aromatic rings. The molecular weight excluding hydrogens is 494 g/mol. The number of amides is 1. The molecule has 8 nitrogen and oxygen atoms in total. The van der Waals surface area contributed by atoms with Crippen LogP contribution in [0.25, 0.3) is 16.0 Å². The molecular formula is C31H33N3O5. The Hall–Kier alpha value is -4.03. The van der Waals surface area contributed by atoms with Gasteiger partial charge in [-0.15, -0.1) is 0 Å². The number of ether oxygens (including phenoxy) is 2. The van der Waals surface area contributed by atoms with Crippen LogP contribution < -0.4 is 5.73 Å². The van der Waals surface area contributed by atoms with Crippen LogP contribution in [0.2, 0.25) is 0 Å². The van der Waals surface area contributed by atoms with Gasteiger partial charge in [-0.05, 0) is 54.2 Å². The van der Waals surface area contributed by atoms with Crippen molar-refractivity contribution in [2.24, 2.45) is 5.73 Å². The molecule has 3 aromatic carbocycles. The molecule has 1 saturated heterocycles. The standard InChI is InChI=1S/C31H33N3O5/c1-33-28-13-7-6-12-27(28)23-15-24(29(36)34-14-8-11-26(34)19-38-2)17-25(16-23)30(37)39-21-31(32,20-35)18-22-9-4-3-5-10-22/h3-7,9-10,12-13,15-17,26,35H,8,11,14,18-21,32H2,2H3. The van der Waals surface area contributed by atoms with E-state index in [9.17, 15) is 14.7 Å². The number of nitrogens with zero attached hydrogens (tertiary/aromatic N) is 2. The Bertz CT molecular complexity index is 1350. The Morgan fingerprint density at radius 1 is 1.10 bits per heavy atom. The highest BCUT2D eigenvalue weighted by atomic mass is 16.5. The fourth-order valence-electron chi connectivity index (χ4n) is 4.92. The average molecular weight is 528 g/mol. The van der Waals surface area contributed by atoms with Gasteiger partial charge in [0.1, 0.15) is 6.61 Å². The number of carbonyl (C=O) groups is 2. The van der Waals surface area contributed by atoms with Gasteiger partial charge in [0.15, 0.2) is 5.69 Å². The number of nitrogens with two attached hydrogens (primary N) is 1. The van der Waals surface area contributed by atoms with Crippen LogP contribution in [-0.2, 0) is 15.9 Å². The van der Waals surface area contributed by atoms with Gasteiger partial charge in [-0.25, -0.2) is 9.64 Å². The van der Waals surface area contributed by atoms with Gasteiger partial charge in [-0.3, -0.25) is 4.79 Å². The van der Waals surface area contributed by atoms with Crippen LogP contribution in [0.4, 0.5) is 5.69 Å². The highest BCUT2D eigenvalue weighted by Gasteiger charge is 2.31. The first kappa shape index (κ1) is 28.0. The lowest BCUT2D eigenvalue weighted by Gasteiger charge is -2.27. The topological polar surface area (TPSA) is 106 Å². The summed E-state index contributed by atoms with van der Waals surface area (Å²) in [6.07, 6.45) is 2.03. The third kappa shape index (κ3) is 6.70. The Kier molecular flexibility index (Phi) is 9.10. The number of hydrogen-bond acceptors (Lipinski definition) is 6. The van der Waals surface area contributed by atoms with E-state index in [-0.39, 0.29) is 30.7 Å². The first-order valence-electron chi connectivity index (χ1n) is 12.9. The van der Waals surface area contributed by atoms with Crippen LogP contribution in [0.15, 0.2) is 72.8 Å². The number of carbonyl (C=O) groups excluding carboxylic acids is 2. The maximum Gasteiger partial charge on any atom is 0.338 e. The molecule has 0 saturated carbocycles. The smallest absolute Gasteiger partial charge is 0.338 e. The van der Waals surface area contributed by atoms with Crippen LogP contribution in [0, 0.1) is 6.57 Å². The Labute approximate surface area is 228 Å². The molecule has 8 heteroatoms. The summed E-state index contributed by atoms with van der Waals surface area (Å²) in [5, 5.41) is 9.98. The SMILES string of the molecule is [C-]#[N+]c1ccccc1-c1cc(C(=O)OCC(N)(CO)Cc2ccccc2)cc(C(=O)N2CCCC2COC)c1. The average Bonchev–Trinajstić information content (AvgIpc) is 3.44. The predicted molar refractivity (Wildman–Crippen MR) is 149 cm³/mol. The number of methoxy groups -OCH3 is 1. The minimum atomic E-state index is -1.17. The quantitative estimate of drug-likeness (QED) is 0.302. The van der Waals surface area contributed by atoms with Crippen molar-refractivity contribution in [2.75, 3.05) is 33.5 Å². The molecule has 0 aromatic heterocycles. The molecule has 202 valence electrons. The lowest BCUT2D eigenvalue weighted by Crippen LogP contribution is -2.50. The maximum atomic E-state index is 13.6. The summed E-state index contributed by atoms with van der Waals surface area (Å²) in [4.78, 5) is 32.3. The molecule has 1 heterocycles. The second-order valence-corrected chi connectivity index (χ2v) is 9.94. The molecule has 0 bridgehead atoms. The van der Waals surface area contributed by atoms with Gasteiger partial charge < -0.3 is 25.2 Å². The van der Waals surface area contributed by atoms with E-state index in [0.29, 0.717) is 42.0 Å². The lowest BCUT2D eigenvalue weighted by molar-refractivity contribution is 0.0331. The number of aliphatic hydroxyl groups is 1. The predicted octanol–water partition coefficient (Wildman–Crippen LogP) is 4.24. The highest BCUT2D eigenvalue weighted by molar-refractivity contribution is 6.00. The Morgan fingerprint density at radius 2 is 1.82 bits per heavy atom. The lowest BCUT2D eigenvalue weighted by atomic mass is 9.93. The van der Waals surface area contributed by atoms with Crippen LogP contribution in [0.3, 0.4) is 0 Å². The first-order valence-corrected chi connectivity index (χ1v) is 12.9. The number of benzene rings is 3. The van der Waals surface area contributed by atoms with Crippen molar-refractivity contribution in [1.29, 1.82) is 0 Å². The van der Waals surface area contributed by atoms with Gasteiger partial charge in [-0.2, -0.15) is 0 Å². The van der Waals surface area contributed by atoms with E-state index in [4.69, 9.17) is 21.8 Å². The van der Waals surface area contributed by atoms with Crippen molar-refractivity contribution >= 4 is 17.6 Å². The minimum absolute atomic E-state index is 0.0440. The van der Waals surface area contributed by atoms with Gasteiger partial charge in [0.05, 0.1) is 36.9 Å². The number of likely N-dealkylation sites (tertiary alicyclic amines) is 1. The third-order valence-electron chi connectivity index (χ3n) is 6.95. The zero-order valence-electron chi connectivity index (χ0n) is 22.0.